The monoisotopic (exact) mass is 461 g/mol. The van der Waals surface area contributed by atoms with Gasteiger partial charge in [-0.2, -0.15) is 9.97 Å². The molecule has 12 heteroatoms. The highest BCUT2D eigenvalue weighted by Gasteiger charge is 2.50. The van der Waals surface area contributed by atoms with Crippen molar-refractivity contribution in [2.45, 2.75) is 68.7 Å². The van der Waals surface area contributed by atoms with E-state index in [0.29, 0.717) is 56.5 Å². The second-order valence-corrected chi connectivity index (χ2v) is 9.55. The standard InChI is InChI=1S/C21H35N9O3/c1-20(32)11-21(5-8-29(9-6-21)18(31)13(23)4-2-3-7-22)33-10-14(20)30-12-26-15-16(24)27-19(25)28-17(15)30/h12-14,32H,2-11,22-23H2,1H3,(H4,24,25,27,28)/t13-,14+,20+/m1/s1. The maximum Gasteiger partial charge on any atom is 0.239 e. The van der Waals surface area contributed by atoms with Gasteiger partial charge >= 0.3 is 0 Å². The number of aromatic nitrogens is 4. The second kappa shape index (κ2) is 9.01. The SMILES string of the molecule is C[C@]1(O)CC2(CCN(C(=O)[C@H](N)CCCCN)CC2)OC[C@@H]1n1cnc2c(N)nc(N)nc21. The molecule has 4 rings (SSSR count). The van der Waals surface area contributed by atoms with Gasteiger partial charge in [0.25, 0.3) is 0 Å². The second-order valence-electron chi connectivity index (χ2n) is 9.55. The molecule has 9 N–H and O–H groups in total. The predicted octanol–water partition coefficient (Wildman–Crippen LogP) is -0.479. The van der Waals surface area contributed by atoms with E-state index in [1.54, 1.807) is 17.8 Å². The van der Waals surface area contributed by atoms with Crippen molar-refractivity contribution in [1.29, 1.82) is 0 Å². The number of aliphatic hydroxyl groups is 1. The molecule has 2 fully saturated rings. The lowest BCUT2D eigenvalue weighted by Gasteiger charge is -2.51. The number of carbonyl (C=O) groups is 1. The van der Waals surface area contributed by atoms with Crippen molar-refractivity contribution in [3.8, 4) is 0 Å². The summed E-state index contributed by atoms with van der Waals surface area (Å²) in [4.78, 5) is 27.1. The summed E-state index contributed by atoms with van der Waals surface area (Å²) in [6.45, 7) is 3.78. The van der Waals surface area contributed by atoms with Gasteiger partial charge in [0.1, 0.15) is 5.52 Å². The highest BCUT2D eigenvalue weighted by Crippen LogP contribution is 2.44. The van der Waals surface area contributed by atoms with Crippen molar-refractivity contribution in [3.63, 3.8) is 0 Å². The van der Waals surface area contributed by atoms with Crippen molar-refractivity contribution < 1.29 is 14.6 Å². The number of nitrogens with two attached hydrogens (primary N) is 4. The van der Waals surface area contributed by atoms with Crippen molar-refractivity contribution in [2.24, 2.45) is 11.5 Å². The normalized spacial score (nSPS) is 26.1. The fraction of sp³-hybridized carbons (Fsp3) is 0.714. The number of ether oxygens (including phenoxy) is 1. The number of hydrogen-bond acceptors (Lipinski definition) is 10. The third-order valence-corrected chi connectivity index (χ3v) is 7.02. The minimum atomic E-state index is -1.09. The highest BCUT2D eigenvalue weighted by atomic mass is 16.5. The van der Waals surface area contributed by atoms with Crippen LogP contribution in [-0.2, 0) is 9.53 Å². The summed E-state index contributed by atoms with van der Waals surface area (Å²) in [6.07, 6.45) is 5.65. The number of anilines is 2. The third-order valence-electron chi connectivity index (χ3n) is 7.02. The molecule has 0 unspecified atom stereocenters. The Morgan fingerprint density at radius 2 is 2.03 bits per heavy atom. The molecule has 4 heterocycles. The Kier molecular flexibility index (Phi) is 6.45. The van der Waals surface area contributed by atoms with E-state index >= 15 is 0 Å². The van der Waals surface area contributed by atoms with Crippen LogP contribution in [0.1, 0.15) is 51.5 Å². The summed E-state index contributed by atoms with van der Waals surface area (Å²) in [5.41, 5.74) is 22.6. The number of hydrogen-bond donors (Lipinski definition) is 5. The Morgan fingerprint density at radius 1 is 1.30 bits per heavy atom. The van der Waals surface area contributed by atoms with E-state index in [1.807, 2.05) is 4.90 Å². The molecule has 0 bridgehead atoms. The van der Waals surface area contributed by atoms with Gasteiger partial charge in [0.2, 0.25) is 11.9 Å². The first kappa shape index (κ1) is 23.6. The van der Waals surface area contributed by atoms with Gasteiger partial charge in [-0.05, 0) is 39.2 Å². The van der Waals surface area contributed by atoms with Gasteiger partial charge < -0.3 is 42.2 Å². The number of nitrogens with zero attached hydrogens (tertiary/aromatic N) is 5. The molecule has 2 aliphatic rings. The van der Waals surface area contributed by atoms with E-state index in [4.69, 9.17) is 27.7 Å². The number of amides is 1. The molecular formula is C21H35N9O3. The van der Waals surface area contributed by atoms with Gasteiger partial charge in [-0.3, -0.25) is 4.79 Å². The minimum absolute atomic E-state index is 0.0259. The molecule has 2 aromatic rings. The Labute approximate surface area is 192 Å². The zero-order valence-corrected chi connectivity index (χ0v) is 19.1. The summed E-state index contributed by atoms with van der Waals surface area (Å²) in [6, 6.07) is -0.917. The van der Waals surface area contributed by atoms with E-state index < -0.39 is 23.3 Å². The molecule has 0 radical (unpaired) electrons. The van der Waals surface area contributed by atoms with Crippen molar-refractivity contribution in [1.82, 2.24) is 24.4 Å². The summed E-state index contributed by atoms with van der Waals surface area (Å²) < 4.78 is 8.12. The Hall–Kier alpha value is -2.54. The lowest BCUT2D eigenvalue weighted by Crippen LogP contribution is -2.59. The average Bonchev–Trinajstić information content (AvgIpc) is 3.17. The molecule has 0 saturated carbocycles. The fourth-order valence-corrected chi connectivity index (χ4v) is 5.14. The maximum atomic E-state index is 12.7. The molecule has 12 nitrogen and oxygen atoms in total. The Morgan fingerprint density at radius 3 is 2.70 bits per heavy atom. The number of unbranched alkanes of at least 4 members (excludes halogenated alkanes) is 1. The van der Waals surface area contributed by atoms with Crippen LogP contribution in [0.2, 0.25) is 0 Å². The number of fused-ring (bicyclic) bond motifs is 1. The quantitative estimate of drug-likeness (QED) is 0.350. The van der Waals surface area contributed by atoms with Crippen LogP contribution in [-0.4, -0.2) is 78.9 Å². The van der Waals surface area contributed by atoms with Crippen LogP contribution < -0.4 is 22.9 Å². The largest absolute Gasteiger partial charge is 0.388 e. The van der Waals surface area contributed by atoms with Gasteiger partial charge in [-0.15, -0.1) is 0 Å². The van der Waals surface area contributed by atoms with Crippen LogP contribution in [0.25, 0.3) is 11.2 Å². The minimum Gasteiger partial charge on any atom is -0.388 e. The number of rotatable bonds is 6. The van der Waals surface area contributed by atoms with Crippen molar-refractivity contribution >= 4 is 28.8 Å². The van der Waals surface area contributed by atoms with Gasteiger partial charge in [0.05, 0.1) is 36.2 Å². The third kappa shape index (κ3) is 4.60. The van der Waals surface area contributed by atoms with E-state index in [0.717, 1.165) is 12.8 Å². The van der Waals surface area contributed by atoms with Crippen LogP contribution in [0, 0.1) is 0 Å². The van der Waals surface area contributed by atoms with Crippen molar-refractivity contribution in [2.75, 3.05) is 37.7 Å². The van der Waals surface area contributed by atoms with Crippen LogP contribution in [0.3, 0.4) is 0 Å². The number of likely N-dealkylation sites (tertiary alicyclic amines) is 1. The van der Waals surface area contributed by atoms with E-state index in [2.05, 4.69) is 15.0 Å². The molecule has 1 amide bonds. The molecule has 182 valence electrons. The Balaban J connectivity index is 1.43. The molecule has 0 aliphatic carbocycles. The first-order valence-electron chi connectivity index (χ1n) is 11.5. The summed E-state index contributed by atoms with van der Waals surface area (Å²) in [5.74, 6) is 0.220. The van der Waals surface area contributed by atoms with Crippen molar-refractivity contribution in [3.05, 3.63) is 6.33 Å². The van der Waals surface area contributed by atoms with Crippen LogP contribution in [0.4, 0.5) is 11.8 Å². The molecule has 3 atom stereocenters. The van der Waals surface area contributed by atoms with E-state index in [-0.39, 0.29) is 24.3 Å². The van der Waals surface area contributed by atoms with Gasteiger partial charge in [0.15, 0.2) is 11.5 Å². The van der Waals surface area contributed by atoms with E-state index in [9.17, 15) is 9.90 Å². The number of imidazole rings is 1. The number of nitrogen functional groups attached to an aromatic ring is 2. The molecule has 0 aromatic carbocycles. The Bertz CT molecular complexity index is 1000. The smallest absolute Gasteiger partial charge is 0.239 e. The molecular weight excluding hydrogens is 426 g/mol. The fourth-order valence-electron chi connectivity index (χ4n) is 5.14. The van der Waals surface area contributed by atoms with Gasteiger partial charge in [-0.1, -0.05) is 6.42 Å². The molecule has 2 aliphatic heterocycles. The summed E-state index contributed by atoms with van der Waals surface area (Å²) >= 11 is 0. The molecule has 2 saturated heterocycles. The molecule has 1 spiro atoms. The molecule has 33 heavy (non-hydrogen) atoms. The van der Waals surface area contributed by atoms with Crippen LogP contribution in [0.5, 0.6) is 0 Å². The maximum absolute atomic E-state index is 12.7. The topological polar surface area (TPSA) is 197 Å². The summed E-state index contributed by atoms with van der Waals surface area (Å²) in [5, 5.41) is 11.5. The lowest BCUT2D eigenvalue weighted by molar-refractivity contribution is -0.197. The average molecular weight is 462 g/mol. The molecule has 2 aromatic heterocycles. The first-order chi connectivity index (χ1) is 15.7. The first-order valence-corrected chi connectivity index (χ1v) is 11.5. The predicted molar refractivity (Wildman–Crippen MR) is 124 cm³/mol. The number of carbonyl (C=O) groups excluding carboxylic acids is 1. The van der Waals surface area contributed by atoms with Crippen LogP contribution >= 0.6 is 0 Å². The summed E-state index contributed by atoms with van der Waals surface area (Å²) in [7, 11) is 0. The number of piperidine rings is 1. The highest BCUT2D eigenvalue weighted by molar-refractivity contribution is 5.83. The van der Waals surface area contributed by atoms with Crippen LogP contribution in [0.15, 0.2) is 6.33 Å². The zero-order valence-electron chi connectivity index (χ0n) is 19.1. The van der Waals surface area contributed by atoms with Gasteiger partial charge in [-0.25, -0.2) is 4.98 Å². The lowest BCUT2D eigenvalue weighted by atomic mass is 9.75. The van der Waals surface area contributed by atoms with Gasteiger partial charge in [0, 0.05) is 19.5 Å². The zero-order chi connectivity index (χ0) is 23.8. The van der Waals surface area contributed by atoms with E-state index in [1.165, 1.54) is 0 Å².